The lowest BCUT2D eigenvalue weighted by molar-refractivity contribution is 0.0953. The number of carbonyl (C=O) groups excluding carboxylic acids is 1. The number of amides is 1. The third-order valence-electron chi connectivity index (χ3n) is 4.16. The van der Waals surface area contributed by atoms with Gasteiger partial charge in [-0.1, -0.05) is 18.2 Å². The van der Waals surface area contributed by atoms with Crippen LogP contribution in [-0.4, -0.2) is 23.5 Å². The highest BCUT2D eigenvalue weighted by Crippen LogP contribution is 2.20. The molecule has 0 aliphatic rings. The number of pyridine rings is 1. The summed E-state index contributed by atoms with van der Waals surface area (Å²) in [6.45, 7) is 4.31. The van der Waals surface area contributed by atoms with Crippen molar-refractivity contribution in [1.82, 2.24) is 10.3 Å². The summed E-state index contributed by atoms with van der Waals surface area (Å²) in [6.07, 6.45) is 2.07. The van der Waals surface area contributed by atoms with Crippen LogP contribution in [0.3, 0.4) is 0 Å². The molecule has 1 aromatic heterocycles. The second-order valence-corrected chi connectivity index (χ2v) is 6.85. The number of halogens is 1. The molecule has 0 bridgehead atoms. The van der Waals surface area contributed by atoms with E-state index < -0.39 is 0 Å². The Balaban J connectivity index is 1.51. The van der Waals surface area contributed by atoms with E-state index >= 15 is 0 Å². The predicted molar refractivity (Wildman–Crippen MR) is 112 cm³/mol. The molecule has 3 rings (SSSR count). The van der Waals surface area contributed by atoms with E-state index in [2.05, 4.69) is 15.6 Å². The van der Waals surface area contributed by atoms with Gasteiger partial charge in [-0.15, -0.1) is 0 Å². The third kappa shape index (κ3) is 6.04. The van der Waals surface area contributed by atoms with Crippen molar-refractivity contribution in [3.8, 4) is 5.75 Å². The highest BCUT2D eigenvalue weighted by Gasteiger charge is 2.07. The molecular weight excluding hydrogens is 369 g/mol. The number of carbonyl (C=O) groups is 1. The zero-order valence-corrected chi connectivity index (χ0v) is 16.5. The normalized spacial score (nSPS) is 10.6. The van der Waals surface area contributed by atoms with E-state index in [0.717, 1.165) is 11.4 Å². The van der Waals surface area contributed by atoms with Crippen LogP contribution in [-0.2, 0) is 6.42 Å². The molecule has 0 fully saturated rings. The summed E-state index contributed by atoms with van der Waals surface area (Å²) < 4.78 is 19.2. The second-order valence-electron chi connectivity index (χ2n) is 6.85. The summed E-state index contributed by atoms with van der Waals surface area (Å²) in [5, 5.41) is 5.97. The fourth-order valence-electron chi connectivity index (χ4n) is 2.75. The summed E-state index contributed by atoms with van der Waals surface area (Å²) in [5.41, 5.74) is 1.90. The van der Waals surface area contributed by atoms with E-state index in [1.165, 1.54) is 12.3 Å². The largest absolute Gasteiger partial charge is 0.491 e. The molecular formula is C23H24FN3O2. The fraction of sp³-hybridized carbons (Fsp3) is 0.217. The van der Waals surface area contributed by atoms with Crippen LogP contribution in [0.5, 0.6) is 5.75 Å². The molecule has 1 amide bonds. The average molecular weight is 393 g/mol. The topological polar surface area (TPSA) is 63.2 Å². The molecule has 0 saturated heterocycles. The Bertz CT molecular complexity index is 941. The first-order chi connectivity index (χ1) is 14.0. The maximum absolute atomic E-state index is 13.6. The Kier molecular flexibility index (Phi) is 6.79. The van der Waals surface area contributed by atoms with Crippen molar-refractivity contribution in [3.05, 3.63) is 83.8 Å². The van der Waals surface area contributed by atoms with E-state index in [9.17, 15) is 9.18 Å². The van der Waals surface area contributed by atoms with Crippen molar-refractivity contribution < 1.29 is 13.9 Å². The molecule has 2 N–H and O–H groups in total. The van der Waals surface area contributed by atoms with Crippen LogP contribution in [0.15, 0.2) is 66.9 Å². The third-order valence-corrected chi connectivity index (χ3v) is 4.16. The lowest BCUT2D eigenvalue weighted by Crippen LogP contribution is -2.26. The van der Waals surface area contributed by atoms with Gasteiger partial charge in [0.2, 0.25) is 0 Å². The Labute approximate surface area is 169 Å². The summed E-state index contributed by atoms with van der Waals surface area (Å²) in [5.74, 6) is 0.935. The van der Waals surface area contributed by atoms with Gasteiger partial charge in [-0.3, -0.25) is 4.79 Å². The number of hydrogen-bond acceptors (Lipinski definition) is 4. The van der Waals surface area contributed by atoms with Crippen molar-refractivity contribution in [2.45, 2.75) is 26.4 Å². The smallest absolute Gasteiger partial charge is 0.252 e. The van der Waals surface area contributed by atoms with E-state index in [4.69, 9.17) is 4.74 Å². The first-order valence-electron chi connectivity index (χ1n) is 9.52. The molecule has 2 aromatic carbocycles. The molecule has 0 unspecified atom stereocenters. The Morgan fingerprint density at radius 2 is 1.83 bits per heavy atom. The number of aromatic nitrogens is 1. The molecule has 0 saturated carbocycles. The average Bonchev–Trinajstić information content (AvgIpc) is 2.71. The van der Waals surface area contributed by atoms with Gasteiger partial charge in [0.1, 0.15) is 17.4 Å². The molecule has 29 heavy (non-hydrogen) atoms. The molecule has 150 valence electrons. The first kappa shape index (κ1) is 20.3. The maximum Gasteiger partial charge on any atom is 0.252 e. The minimum absolute atomic E-state index is 0.126. The summed E-state index contributed by atoms with van der Waals surface area (Å²) in [6, 6.07) is 17.6. The molecule has 0 aliphatic carbocycles. The monoisotopic (exact) mass is 393 g/mol. The quantitative estimate of drug-likeness (QED) is 0.581. The van der Waals surface area contributed by atoms with Crippen LogP contribution in [0.4, 0.5) is 15.9 Å². The van der Waals surface area contributed by atoms with Gasteiger partial charge in [-0.25, -0.2) is 9.37 Å². The molecule has 3 aromatic rings. The van der Waals surface area contributed by atoms with Crippen molar-refractivity contribution in [1.29, 1.82) is 0 Å². The van der Waals surface area contributed by atoms with Crippen molar-refractivity contribution in [3.63, 3.8) is 0 Å². The summed E-state index contributed by atoms with van der Waals surface area (Å²) >= 11 is 0. The number of hydrogen-bond donors (Lipinski definition) is 2. The highest BCUT2D eigenvalue weighted by atomic mass is 19.1. The Morgan fingerprint density at radius 1 is 1.07 bits per heavy atom. The molecule has 6 heteroatoms. The van der Waals surface area contributed by atoms with Gasteiger partial charge in [0.15, 0.2) is 0 Å². The number of benzene rings is 2. The zero-order chi connectivity index (χ0) is 20.6. The van der Waals surface area contributed by atoms with E-state index in [1.54, 1.807) is 30.3 Å². The van der Waals surface area contributed by atoms with Crippen molar-refractivity contribution in [2.75, 3.05) is 11.9 Å². The van der Waals surface area contributed by atoms with Crippen LogP contribution in [0.2, 0.25) is 0 Å². The number of nitrogens with one attached hydrogen (secondary N) is 2. The minimum Gasteiger partial charge on any atom is -0.491 e. The number of rotatable bonds is 8. The zero-order valence-electron chi connectivity index (χ0n) is 16.5. The fourth-order valence-corrected chi connectivity index (χ4v) is 2.75. The standard InChI is InChI=1S/C23H24FN3O2/c1-16(2)29-20-10-8-19(9-11-20)27-22-12-7-18(15-26-22)23(28)25-14-13-17-5-3-4-6-21(17)24/h3-12,15-16H,13-14H2,1-2H3,(H,25,28)(H,26,27). The minimum atomic E-state index is -0.261. The van der Waals surface area contributed by atoms with Gasteiger partial charge in [0.05, 0.1) is 11.7 Å². The SMILES string of the molecule is CC(C)Oc1ccc(Nc2ccc(C(=O)NCCc3ccccc3F)cn2)cc1. The molecule has 0 aliphatic heterocycles. The number of ether oxygens (including phenoxy) is 1. The summed E-state index contributed by atoms with van der Waals surface area (Å²) in [7, 11) is 0. The second kappa shape index (κ2) is 9.68. The van der Waals surface area contributed by atoms with Gasteiger partial charge in [-0.2, -0.15) is 0 Å². The molecule has 0 atom stereocenters. The van der Waals surface area contributed by atoms with Crippen LogP contribution in [0.1, 0.15) is 29.8 Å². The lowest BCUT2D eigenvalue weighted by Gasteiger charge is -2.11. The van der Waals surface area contributed by atoms with E-state index in [1.807, 2.05) is 38.1 Å². The van der Waals surface area contributed by atoms with Crippen LogP contribution in [0.25, 0.3) is 0 Å². The molecule has 1 heterocycles. The molecule has 5 nitrogen and oxygen atoms in total. The Hall–Kier alpha value is -3.41. The van der Waals surface area contributed by atoms with Gasteiger partial charge in [0.25, 0.3) is 5.91 Å². The lowest BCUT2D eigenvalue weighted by atomic mass is 10.1. The van der Waals surface area contributed by atoms with Gasteiger partial charge < -0.3 is 15.4 Å². The number of anilines is 2. The van der Waals surface area contributed by atoms with Crippen LogP contribution in [0, 0.1) is 5.82 Å². The molecule has 0 spiro atoms. The Morgan fingerprint density at radius 3 is 2.48 bits per heavy atom. The van der Waals surface area contributed by atoms with Crippen LogP contribution >= 0.6 is 0 Å². The van der Waals surface area contributed by atoms with E-state index in [0.29, 0.717) is 29.9 Å². The van der Waals surface area contributed by atoms with Gasteiger partial charge in [-0.05, 0) is 68.3 Å². The van der Waals surface area contributed by atoms with Crippen LogP contribution < -0.4 is 15.4 Å². The predicted octanol–water partition coefficient (Wildman–Crippen LogP) is 4.72. The number of nitrogens with zero attached hydrogens (tertiary/aromatic N) is 1. The van der Waals surface area contributed by atoms with E-state index in [-0.39, 0.29) is 17.8 Å². The van der Waals surface area contributed by atoms with Gasteiger partial charge >= 0.3 is 0 Å². The summed E-state index contributed by atoms with van der Waals surface area (Å²) in [4.78, 5) is 16.5. The highest BCUT2D eigenvalue weighted by molar-refractivity contribution is 5.94. The van der Waals surface area contributed by atoms with Gasteiger partial charge in [0, 0.05) is 18.4 Å². The first-order valence-corrected chi connectivity index (χ1v) is 9.52. The van der Waals surface area contributed by atoms with Crippen molar-refractivity contribution >= 4 is 17.4 Å². The van der Waals surface area contributed by atoms with Crippen molar-refractivity contribution in [2.24, 2.45) is 0 Å². The maximum atomic E-state index is 13.6. The molecule has 0 radical (unpaired) electrons.